The molecule has 5 nitrogen and oxygen atoms in total. The highest BCUT2D eigenvalue weighted by molar-refractivity contribution is 5.86. The number of halogens is 1. The monoisotopic (exact) mass is 320 g/mol. The van der Waals surface area contributed by atoms with Crippen LogP contribution >= 0.6 is 0 Å². The van der Waals surface area contributed by atoms with Crippen LogP contribution < -0.4 is 5.32 Å². The molecule has 1 N–H and O–H groups in total. The van der Waals surface area contributed by atoms with Crippen molar-refractivity contribution in [3.8, 4) is 0 Å². The summed E-state index contributed by atoms with van der Waals surface area (Å²) in [4.78, 5) is 26.0. The predicted molar refractivity (Wildman–Crippen MR) is 82.0 cm³/mol. The largest absolute Gasteiger partial charge is 0.356 e. The van der Waals surface area contributed by atoms with Crippen LogP contribution in [0.1, 0.15) is 37.3 Å². The number of likely N-dealkylation sites (N-methyl/N-ethyl adjacent to an activating group) is 1. The van der Waals surface area contributed by atoms with Crippen LogP contribution in [0.5, 0.6) is 0 Å². The fourth-order valence-corrected chi connectivity index (χ4v) is 3.37. The molecule has 0 bridgehead atoms. The second-order valence-corrected chi connectivity index (χ2v) is 6.19. The highest BCUT2D eigenvalue weighted by Crippen LogP contribution is 2.31. The first-order valence-corrected chi connectivity index (χ1v) is 8.00. The number of amides is 2. The Morgan fingerprint density at radius 3 is 2.70 bits per heavy atom. The first kappa shape index (κ1) is 15.9. The number of ether oxygens (including phenoxy) is 1. The fourth-order valence-electron chi connectivity index (χ4n) is 3.37. The van der Waals surface area contributed by atoms with E-state index in [0.717, 1.165) is 25.7 Å². The number of nitrogens with one attached hydrogen (secondary N) is 1. The van der Waals surface area contributed by atoms with Crippen molar-refractivity contribution in [2.45, 2.75) is 43.9 Å². The van der Waals surface area contributed by atoms with Gasteiger partial charge in [0.15, 0.2) is 6.10 Å². The van der Waals surface area contributed by atoms with E-state index in [1.807, 2.05) is 0 Å². The van der Waals surface area contributed by atoms with Crippen LogP contribution in [0.15, 0.2) is 24.3 Å². The summed E-state index contributed by atoms with van der Waals surface area (Å²) in [5.74, 6) is -0.978. The van der Waals surface area contributed by atoms with Gasteiger partial charge < -0.3 is 15.0 Å². The van der Waals surface area contributed by atoms with Gasteiger partial charge in [0.05, 0.1) is 6.04 Å². The highest BCUT2D eigenvalue weighted by atomic mass is 19.1. The minimum absolute atomic E-state index is 0.148. The van der Waals surface area contributed by atoms with E-state index >= 15 is 0 Å². The Kier molecular flexibility index (Phi) is 4.61. The van der Waals surface area contributed by atoms with Gasteiger partial charge in [-0.2, -0.15) is 0 Å². The molecule has 0 radical (unpaired) electrons. The van der Waals surface area contributed by atoms with E-state index < -0.39 is 18.0 Å². The Bertz CT molecular complexity index is 601. The molecule has 1 saturated carbocycles. The molecule has 1 aliphatic carbocycles. The van der Waals surface area contributed by atoms with Crippen molar-refractivity contribution < 1.29 is 18.7 Å². The third-order valence-corrected chi connectivity index (χ3v) is 4.67. The molecule has 2 amide bonds. The zero-order valence-corrected chi connectivity index (χ0v) is 13.1. The summed E-state index contributed by atoms with van der Waals surface area (Å²) in [6.07, 6.45) is 3.22. The second-order valence-electron chi connectivity index (χ2n) is 6.19. The predicted octanol–water partition coefficient (Wildman–Crippen LogP) is 1.78. The molecule has 1 aromatic rings. The van der Waals surface area contributed by atoms with Crippen molar-refractivity contribution >= 4 is 11.8 Å². The van der Waals surface area contributed by atoms with Crippen molar-refractivity contribution in [3.05, 3.63) is 35.6 Å². The Hall–Kier alpha value is -1.95. The Morgan fingerprint density at radius 1 is 1.30 bits per heavy atom. The average Bonchev–Trinajstić information content (AvgIpc) is 3.03. The zero-order valence-electron chi connectivity index (χ0n) is 13.1. The molecular formula is C17H21FN2O3. The van der Waals surface area contributed by atoms with Crippen LogP contribution in [0.25, 0.3) is 0 Å². The van der Waals surface area contributed by atoms with Gasteiger partial charge >= 0.3 is 0 Å². The molecule has 0 spiro atoms. The highest BCUT2D eigenvalue weighted by Gasteiger charge is 2.41. The Morgan fingerprint density at radius 2 is 2.00 bits per heavy atom. The minimum Gasteiger partial charge on any atom is -0.356 e. The Labute approximate surface area is 134 Å². The average molecular weight is 320 g/mol. The number of morpholine rings is 1. The van der Waals surface area contributed by atoms with Gasteiger partial charge in [-0.15, -0.1) is 0 Å². The number of hydrogen-bond donors (Lipinski definition) is 1. The molecule has 1 aliphatic heterocycles. The number of carbonyl (C=O) groups excluding carboxylic acids is 2. The first-order valence-electron chi connectivity index (χ1n) is 8.00. The van der Waals surface area contributed by atoms with E-state index in [4.69, 9.17) is 4.74 Å². The standard InChI is InChI=1S/C17H21FN2O3/c1-20-14(21)10-23-16(17(22)19-11-6-2-3-7-11)15(20)12-8-4-5-9-13(12)18/h4-5,8-9,11,15-16H,2-3,6-7,10H2,1H3,(H,19,22)/t15-,16-/m0/s1. The van der Waals surface area contributed by atoms with Crippen LogP contribution in [0.4, 0.5) is 4.39 Å². The van der Waals surface area contributed by atoms with E-state index in [1.54, 1.807) is 25.2 Å². The van der Waals surface area contributed by atoms with Gasteiger partial charge in [-0.05, 0) is 18.9 Å². The van der Waals surface area contributed by atoms with Gasteiger partial charge in [-0.1, -0.05) is 31.0 Å². The fraction of sp³-hybridized carbons (Fsp3) is 0.529. The van der Waals surface area contributed by atoms with Gasteiger partial charge in [0.1, 0.15) is 12.4 Å². The quantitative estimate of drug-likeness (QED) is 0.923. The van der Waals surface area contributed by atoms with Crippen molar-refractivity contribution in [1.29, 1.82) is 0 Å². The molecule has 1 saturated heterocycles. The molecule has 2 fully saturated rings. The summed E-state index contributed by atoms with van der Waals surface area (Å²) in [5, 5.41) is 2.98. The molecule has 1 heterocycles. The van der Waals surface area contributed by atoms with E-state index in [-0.39, 0.29) is 24.5 Å². The van der Waals surface area contributed by atoms with E-state index in [2.05, 4.69) is 5.32 Å². The van der Waals surface area contributed by atoms with Crippen LogP contribution in [0.3, 0.4) is 0 Å². The van der Waals surface area contributed by atoms with Crippen LogP contribution in [0.2, 0.25) is 0 Å². The topological polar surface area (TPSA) is 58.6 Å². The van der Waals surface area contributed by atoms with Crippen LogP contribution in [-0.4, -0.2) is 42.5 Å². The minimum atomic E-state index is -0.893. The van der Waals surface area contributed by atoms with Crippen molar-refractivity contribution in [2.24, 2.45) is 0 Å². The molecule has 2 aliphatic rings. The molecular weight excluding hydrogens is 299 g/mol. The first-order chi connectivity index (χ1) is 11.1. The SMILES string of the molecule is CN1C(=O)CO[C@H](C(=O)NC2CCCC2)[C@@H]1c1ccccc1F. The smallest absolute Gasteiger partial charge is 0.251 e. The number of hydrogen-bond acceptors (Lipinski definition) is 3. The molecule has 6 heteroatoms. The maximum Gasteiger partial charge on any atom is 0.251 e. The molecule has 3 rings (SSSR count). The van der Waals surface area contributed by atoms with Crippen molar-refractivity contribution in [3.63, 3.8) is 0 Å². The maximum absolute atomic E-state index is 14.2. The second kappa shape index (κ2) is 6.66. The summed E-state index contributed by atoms with van der Waals surface area (Å²) in [6.45, 7) is -0.162. The normalized spacial score (nSPS) is 25.7. The van der Waals surface area contributed by atoms with Gasteiger partial charge in [-0.25, -0.2) is 4.39 Å². The third kappa shape index (κ3) is 3.22. The van der Waals surface area contributed by atoms with Crippen LogP contribution in [0, 0.1) is 5.82 Å². The number of nitrogens with zero attached hydrogens (tertiary/aromatic N) is 1. The summed E-state index contributed by atoms with van der Waals surface area (Å²) in [5.41, 5.74) is 0.301. The summed E-state index contributed by atoms with van der Waals surface area (Å²) >= 11 is 0. The van der Waals surface area contributed by atoms with E-state index in [9.17, 15) is 14.0 Å². The summed E-state index contributed by atoms with van der Waals surface area (Å²) < 4.78 is 19.7. The number of rotatable bonds is 3. The number of benzene rings is 1. The maximum atomic E-state index is 14.2. The van der Waals surface area contributed by atoms with Gasteiger partial charge in [0, 0.05) is 18.7 Å². The van der Waals surface area contributed by atoms with Gasteiger partial charge in [0.25, 0.3) is 5.91 Å². The van der Waals surface area contributed by atoms with Crippen molar-refractivity contribution in [1.82, 2.24) is 10.2 Å². The Balaban J connectivity index is 1.85. The molecule has 23 heavy (non-hydrogen) atoms. The molecule has 0 aromatic heterocycles. The lowest BCUT2D eigenvalue weighted by atomic mass is 9.97. The lowest BCUT2D eigenvalue weighted by Gasteiger charge is -2.38. The summed E-state index contributed by atoms with van der Waals surface area (Å²) in [7, 11) is 1.58. The third-order valence-electron chi connectivity index (χ3n) is 4.67. The zero-order chi connectivity index (χ0) is 16.4. The van der Waals surface area contributed by atoms with E-state index in [0.29, 0.717) is 5.56 Å². The molecule has 1 aromatic carbocycles. The van der Waals surface area contributed by atoms with E-state index in [1.165, 1.54) is 11.0 Å². The molecule has 2 atom stereocenters. The lowest BCUT2D eigenvalue weighted by molar-refractivity contribution is -0.162. The van der Waals surface area contributed by atoms with Gasteiger partial charge in [0.2, 0.25) is 5.91 Å². The summed E-state index contributed by atoms with van der Waals surface area (Å²) in [6, 6.07) is 5.59. The lowest BCUT2D eigenvalue weighted by Crippen LogP contribution is -2.54. The van der Waals surface area contributed by atoms with Crippen LogP contribution in [-0.2, 0) is 14.3 Å². The molecule has 124 valence electrons. The number of carbonyl (C=O) groups is 2. The van der Waals surface area contributed by atoms with Crippen molar-refractivity contribution in [2.75, 3.05) is 13.7 Å². The van der Waals surface area contributed by atoms with Gasteiger partial charge in [-0.3, -0.25) is 9.59 Å². The molecule has 0 unspecified atom stereocenters.